The largest absolute Gasteiger partial charge is 0.339 e. The second kappa shape index (κ2) is 9.38. The summed E-state index contributed by atoms with van der Waals surface area (Å²) in [5.74, 6) is 0. The Balaban J connectivity index is 1.71. The van der Waals surface area contributed by atoms with Crippen LogP contribution in [0.15, 0.2) is 78.2 Å². The quantitative estimate of drug-likeness (QED) is 0.513. The molecule has 1 aromatic carbocycles. The van der Waals surface area contributed by atoms with Gasteiger partial charge in [0.05, 0.1) is 11.4 Å². The molecule has 2 heterocycles. The third kappa shape index (κ3) is 5.46. The molecule has 142 valence electrons. The highest BCUT2D eigenvalue weighted by atomic mass is 16.2. The van der Waals surface area contributed by atoms with Gasteiger partial charge in [-0.25, -0.2) is 10.2 Å². The maximum absolute atomic E-state index is 12.3. The van der Waals surface area contributed by atoms with Crippen molar-refractivity contribution in [2.45, 2.75) is 6.54 Å². The number of hydrazone groups is 1. The van der Waals surface area contributed by atoms with E-state index in [-0.39, 0.29) is 0 Å². The zero-order valence-electron chi connectivity index (χ0n) is 15.8. The Hall–Kier alpha value is -3.58. The maximum atomic E-state index is 12.3. The van der Waals surface area contributed by atoms with E-state index in [1.807, 2.05) is 74.8 Å². The van der Waals surface area contributed by atoms with Crippen LogP contribution in [0, 0.1) is 0 Å². The van der Waals surface area contributed by atoms with Crippen LogP contribution in [0.25, 0.3) is 0 Å². The summed E-state index contributed by atoms with van der Waals surface area (Å²) in [5, 5.41) is 7.01. The molecule has 3 rings (SSSR count). The summed E-state index contributed by atoms with van der Waals surface area (Å²) in [7, 11) is 4.02. The molecule has 2 amide bonds. The average Bonchev–Trinajstić information content (AvgIpc) is 2.71. The van der Waals surface area contributed by atoms with Crippen LogP contribution in [0.2, 0.25) is 0 Å². The average molecular weight is 374 g/mol. The number of rotatable bonds is 6. The van der Waals surface area contributed by atoms with Gasteiger partial charge in [0.2, 0.25) is 0 Å². The van der Waals surface area contributed by atoms with Crippen molar-refractivity contribution in [1.82, 2.24) is 20.3 Å². The zero-order valence-corrected chi connectivity index (χ0v) is 15.8. The molecular weight excluding hydrogens is 352 g/mol. The van der Waals surface area contributed by atoms with Gasteiger partial charge in [-0.1, -0.05) is 24.3 Å². The molecule has 0 bridgehead atoms. The summed E-state index contributed by atoms with van der Waals surface area (Å²) < 4.78 is 0. The number of amides is 2. The van der Waals surface area contributed by atoms with Crippen molar-refractivity contribution in [2.24, 2.45) is 5.10 Å². The molecule has 2 N–H and O–H groups in total. The van der Waals surface area contributed by atoms with E-state index in [4.69, 9.17) is 0 Å². The lowest BCUT2D eigenvalue weighted by Gasteiger charge is -2.11. The molecule has 7 nitrogen and oxygen atoms in total. The first-order valence-electron chi connectivity index (χ1n) is 8.83. The van der Waals surface area contributed by atoms with Crippen LogP contribution in [0.4, 0.5) is 10.5 Å². The number of nitrogens with one attached hydrogen (secondary N) is 2. The van der Waals surface area contributed by atoms with Crippen LogP contribution in [0.5, 0.6) is 0 Å². The first-order valence-corrected chi connectivity index (χ1v) is 8.83. The van der Waals surface area contributed by atoms with Gasteiger partial charge in [-0.2, -0.15) is 5.10 Å². The van der Waals surface area contributed by atoms with Crippen molar-refractivity contribution in [1.29, 1.82) is 0 Å². The van der Waals surface area contributed by atoms with Crippen molar-refractivity contribution in [3.8, 4) is 0 Å². The number of benzene rings is 1. The number of urea groups is 1. The molecule has 0 aliphatic heterocycles. The number of hydrogen-bond donors (Lipinski definition) is 2. The highest BCUT2D eigenvalue weighted by Gasteiger charge is 2.10. The smallest absolute Gasteiger partial charge is 0.307 e. The molecule has 0 saturated carbocycles. The maximum Gasteiger partial charge on any atom is 0.339 e. The summed E-state index contributed by atoms with van der Waals surface area (Å²) in [5.41, 5.74) is 6.10. The van der Waals surface area contributed by atoms with Crippen LogP contribution < -0.4 is 10.7 Å². The van der Waals surface area contributed by atoms with E-state index >= 15 is 0 Å². The van der Waals surface area contributed by atoms with E-state index in [9.17, 15) is 4.79 Å². The van der Waals surface area contributed by atoms with E-state index in [1.54, 1.807) is 12.4 Å². The minimum Gasteiger partial charge on any atom is -0.307 e. The molecule has 3 aromatic rings. The summed E-state index contributed by atoms with van der Waals surface area (Å²) in [6.07, 6.45) is 3.34. The van der Waals surface area contributed by atoms with Gasteiger partial charge in [-0.05, 0) is 56.1 Å². The molecule has 0 aliphatic rings. The van der Waals surface area contributed by atoms with Crippen molar-refractivity contribution in [2.75, 3.05) is 19.4 Å². The fraction of sp³-hybridized carbons (Fsp3) is 0.143. The van der Waals surface area contributed by atoms with Gasteiger partial charge in [0.1, 0.15) is 5.71 Å². The molecule has 2 aromatic heterocycles. The molecular formula is C21H22N6O. The van der Waals surface area contributed by atoms with Crippen molar-refractivity contribution in [3.63, 3.8) is 0 Å². The van der Waals surface area contributed by atoms with E-state index in [2.05, 4.69) is 30.7 Å². The monoisotopic (exact) mass is 374 g/mol. The SMILES string of the molecule is CN(C)Cc1ccc(NC(=O)NN=C(c2ccccn2)c2ccccn2)cc1. The van der Waals surface area contributed by atoms with E-state index in [0.717, 1.165) is 6.54 Å². The summed E-state index contributed by atoms with van der Waals surface area (Å²) in [4.78, 5) is 23.0. The lowest BCUT2D eigenvalue weighted by atomic mass is 10.1. The van der Waals surface area contributed by atoms with Crippen molar-refractivity contribution < 1.29 is 4.79 Å². The summed E-state index contributed by atoms with van der Waals surface area (Å²) in [6.45, 7) is 0.842. The molecule has 0 aliphatic carbocycles. The van der Waals surface area contributed by atoms with E-state index in [0.29, 0.717) is 22.8 Å². The van der Waals surface area contributed by atoms with Crippen LogP contribution >= 0.6 is 0 Å². The van der Waals surface area contributed by atoms with Gasteiger partial charge in [0.15, 0.2) is 0 Å². The Morgan fingerprint density at radius 3 is 2.04 bits per heavy atom. The van der Waals surface area contributed by atoms with Gasteiger partial charge in [0, 0.05) is 24.6 Å². The summed E-state index contributed by atoms with van der Waals surface area (Å²) in [6, 6.07) is 18.2. The predicted octanol–water partition coefficient (Wildman–Crippen LogP) is 3.11. The summed E-state index contributed by atoms with van der Waals surface area (Å²) >= 11 is 0. The van der Waals surface area contributed by atoms with E-state index < -0.39 is 6.03 Å². The second-order valence-electron chi connectivity index (χ2n) is 6.39. The Morgan fingerprint density at radius 2 is 1.54 bits per heavy atom. The predicted molar refractivity (Wildman–Crippen MR) is 110 cm³/mol. The van der Waals surface area contributed by atoms with Gasteiger partial charge < -0.3 is 10.2 Å². The molecule has 0 unspecified atom stereocenters. The second-order valence-corrected chi connectivity index (χ2v) is 6.39. The number of pyridine rings is 2. The fourth-order valence-corrected chi connectivity index (χ4v) is 2.58. The van der Waals surface area contributed by atoms with Crippen molar-refractivity contribution >= 4 is 17.4 Å². The zero-order chi connectivity index (χ0) is 19.8. The van der Waals surface area contributed by atoms with Crippen LogP contribution in [-0.4, -0.2) is 40.7 Å². The lowest BCUT2D eigenvalue weighted by molar-refractivity contribution is 0.252. The lowest BCUT2D eigenvalue weighted by Crippen LogP contribution is -2.26. The molecule has 0 radical (unpaired) electrons. The number of carbonyl (C=O) groups is 1. The third-order valence-electron chi connectivity index (χ3n) is 3.79. The molecule has 28 heavy (non-hydrogen) atoms. The minimum absolute atomic E-state index is 0.440. The number of hydrogen-bond acceptors (Lipinski definition) is 5. The van der Waals surface area contributed by atoms with Gasteiger partial charge in [-0.15, -0.1) is 0 Å². The number of nitrogens with zero attached hydrogens (tertiary/aromatic N) is 4. The molecule has 0 spiro atoms. The van der Waals surface area contributed by atoms with Gasteiger partial charge in [-0.3, -0.25) is 9.97 Å². The Bertz CT molecular complexity index is 883. The molecule has 7 heteroatoms. The Kier molecular flexibility index (Phi) is 6.43. The molecule has 0 saturated heterocycles. The number of aromatic nitrogens is 2. The highest BCUT2D eigenvalue weighted by molar-refractivity contribution is 6.10. The third-order valence-corrected chi connectivity index (χ3v) is 3.79. The first kappa shape index (κ1) is 19.2. The van der Waals surface area contributed by atoms with Crippen LogP contribution in [0.3, 0.4) is 0 Å². The number of carbonyl (C=O) groups excluding carboxylic acids is 1. The Morgan fingerprint density at radius 1 is 0.929 bits per heavy atom. The topological polar surface area (TPSA) is 82.5 Å². The van der Waals surface area contributed by atoms with E-state index in [1.165, 1.54) is 5.56 Å². The number of anilines is 1. The van der Waals surface area contributed by atoms with Crippen LogP contribution in [0.1, 0.15) is 17.0 Å². The highest BCUT2D eigenvalue weighted by Crippen LogP contribution is 2.11. The van der Waals surface area contributed by atoms with Crippen molar-refractivity contribution in [3.05, 3.63) is 90.0 Å². The molecule has 0 fully saturated rings. The van der Waals surface area contributed by atoms with Gasteiger partial charge >= 0.3 is 6.03 Å². The standard InChI is InChI=1S/C21H22N6O/c1-27(2)15-16-9-11-17(12-10-16)24-21(28)26-25-20(18-7-3-5-13-22-18)19-8-4-6-14-23-19/h3-14H,15H2,1-2H3,(H2,24,26,28). The fourth-order valence-electron chi connectivity index (χ4n) is 2.58. The first-order chi connectivity index (χ1) is 13.6. The molecule has 0 atom stereocenters. The van der Waals surface area contributed by atoms with Gasteiger partial charge in [0.25, 0.3) is 0 Å². The normalized spacial score (nSPS) is 10.4. The Labute approximate surface area is 164 Å². The van der Waals surface area contributed by atoms with Crippen LogP contribution in [-0.2, 0) is 6.54 Å². The minimum atomic E-state index is -0.440.